The number of rotatable bonds is 3. The number of hydrazine groups is 1. The molecule has 112 valence electrons. The molecule has 2 amide bonds. The molecule has 0 radical (unpaired) electrons. The minimum atomic E-state index is -0.431. The molecule has 2 rings (SSSR count). The van der Waals surface area contributed by atoms with Crippen molar-refractivity contribution in [1.29, 1.82) is 0 Å². The van der Waals surface area contributed by atoms with Gasteiger partial charge in [0, 0.05) is 16.7 Å². The first kappa shape index (κ1) is 15.8. The van der Waals surface area contributed by atoms with E-state index in [2.05, 4.69) is 10.9 Å². The summed E-state index contributed by atoms with van der Waals surface area (Å²) >= 11 is 5.80. The van der Waals surface area contributed by atoms with E-state index in [0.29, 0.717) is 10.6 Å². The van der Waals surface area contributed by atoms with Gasteiger partial charge in [0.1, 0.15) is 0 Å². The molecule has 0 unspecified atom stereocenters. The van der Waals surface area contributed by atoms with Crippen molar-refractivity contribution >= 4 is 29.5 Å². The number of halogens is 1. The molecular formula is C17H15ClN2O2. The highest BCUT2D eigenvalue weighted by Gasteiger charge is 2.06. The zero-order valence-corrected chi connectivity index (χ0v) is 12.7. The minimum absolute atomic E-state index is 0.371. The Kier molecular flexibility index (Phi) is 5.33. The number of hydrogen-bond acceptors (Lipinski definition) is 2. The van der Waals surface area contributed by atoms with E-state index in [9.17, 15) is 9.59 Å². The maximum Gasteiger partial charge on any atom is 0.269 e. The fourth-order valence-electron chi connectivity index (χ4n) is 1.81. The van der Waals surface area contributed by atoms with Gasteiger partial charge in [0.05, 0.1) is 0 Å². The van der Waals surface area contributed by atoms with E-state index in [4.69, 9.17) is 11.6 Å². The second-order valence-corrected chi connectivity index (χ2v) is 5.14. The molecule has 0 aliphatic carbocycles. The molecule has 5 heteroatoms. The van der Waals surface area contributed by atoms with E-state index in [-0.39, 0.29) is 0 Å². The first-order valence-electron chi connectivity index (χ1n) is 6.65. The first-order chi connectivity index (χ1) is 10.5. The third-order valence-corrected chi connectivity index (χ3v) is 3.09. The van der Waals surface area contributed by atoms with E-state index < -0.39 is 11.8 Å². The average Bonchev–Trinajstić information content (AvgIpc) is 2.50. The van der Waals surface area contributed by atoms with E-state index in [1.165, 1.54) is 12.1 Å². The van der Waals surface area contributed by atoms with Crippen molar-refractivity contribution in [2.24, 2.45) is 0 Å². The summed E-state index contributed by atoms with van der Waals surface area (Å²) in [7, 11) is 0. The zero-order chi connectivity index (χ0) is 15.9. The van der Waals surface area contributed by atoms with Gasteiger partial charge in [-0.3, -0.25) is 20.4 Å². The standard InChI is InChI=1S/C17H15ClN2O2/c1-12-4-2-5-13(10-12)8-9-16(21)19-20-17(22)14-6-3-7-15(18)11-14/h2-11H,1H3,(H,19,21)(H,20,22)/b9-8+. The Balaban J connectivity index is 1.89. The number of carbonyl (C=O) groups is 2. The molecule has 0 aliphatic heterocycles. The van der Waals surface area contributed by atoms with Crippen molar-refractivity contribution in [3.05, 3.63) is 76.3 Å². The molecule has 0 atom stereocenters. The molecule has 0 aliphatic rings. The number of amides is 2. The van der Waals surface area contributed by atoms with Gasteiger partial charge in [0.15, 0.2) is 0 Å². The van der Waals surface area contributed by atoms with E-state index >= 15 is 0 Å². The summed E-state index contributed by atoms with van der Waals surface area (Å²) in [6, 6.07) is 14.2. The second kappa shape index (κ2) is 7.43. The van der Waals surface area contributed by atoms with Crippen LogP contribution in [0.25, 0.3) is 6.08 Å². The molecule has 0 heterocycles. The summed E-state index contributed by atoms with van der Waals surface area (Å²) in [5.74, 6) is -0.850. The summed E-state index contributed by atoms with van der Waals surface area (Å²) in [5.41, 5.74) is 7.03. The molecule has 0 saturated heterocycles. The molecule has 4 nitrogen and oxygen atoms in total. The van der Waals surface area contributed by atoms with Crippen molar-refractivity contribution in [3.63, 3.8) is 0 Å². The SMILES string of the molecule is Cc1cccc(/C=C/C(=O)NNC(=O)c2cccc(Cl)c2)c1. The predicted octanol–water partition coefficient (Wildman–Crippen LogP) is 3.12. The van der Waals surface area contributed by atoms with Gasteiger partial charge in [-0.25, -0.2) is 0 Å². The molecule has 22 heavy (non-hydrogen) atoms. The van der Waals surface area contributed by atoms with E-state index in [0.717, 1.165) is 11.1 Å². The van der Waals surface area contributed by atoms with Gasteiger partial charge >= 0.3 is 0 Å². The summed E-state index contributed by atoms with van der Waals surface area (Å²) in [6.45, 7) is 1.97. The summed E-state index contributed by atoms with van der Waals surface area (Å²) in [4.78, 5) is 23.5. The fourth-order valence-corrected chi connectivity index (χ4v) is 2.00. The predicted molar refractivity (Wildman–Crippen MR) is 87.3 cm³/mol. The monoisotopic (exact) mass is 314 g/mol. The third-order valence-electron chi connectivity index (χ3n) is 2.86. The smallest absolute Gasteiger partial charge is 0.268 e. The quantitative estimate of drug-likeness (QED) is 0.675. The number of hydrogen-bond donors (Lipinski definition) is 2. The van der Waals surface area contributed by atoms with Crippen molar-refractivity contribution in [1.82, 2.24) is 10.9 Å². The molecule has 2 aromatic rings. The van der Waals surface area contributed by atoms with Crippen molar-refractivity contribution in [2.75, 3.05) is 0 Å². The second-order valence-electron chi connectivity index (χ2n) is 4.70. The highest BCUT2D eigenvalue weighted by Crippen LogP contribution is 2.10. The van der Waals surface area contributed by atoms with Gasteiger partial charge in [-0.1, -0.05) is 47.5 Å². The maximum atomic E-state index is 11.8. The molecule has 0 bridgehead atoms. The van der Waals surface area contributed by atoms with E-state index in [1.807, 2.05) is 31.2 Å². The Morgan fingerprint density at radius 2 is 1.82 bits per heavy atom. The lowest BCUT2D eigenvalue weighted by molar-refractivity contribution is -0.117. The van der Waals surface area contributed by atoms with Gasteiger partial charge < -0.3 is 0 Å². The van der Waals surface area contributed by atoms with Gasteiger partial charge in [0.2, 0.25) is 0 Å². The number of aryl methyl sites for hydroxylation is 1. The van der Waals surface area contributed by atoms with Gasteiger partial charge in [-0.15, -0.1) is 0 Å². The number of nitrogens with one attached hydrogen (secondary N) is 2. The van der Waals surface area contributed by atoms with Crippen LogP contribution in [0.1, 0.15) is 21.5 Å². The molecule has 0 spiro atoms. The highest BCUT2D eigenvalue weighted by atomic mass is 35.5. The topological polar surface area (TPSA) is 58.2 Å². The Hall–Kier alpha value is -2.59. The van der Waals surface area contributed by atoms with Crippen LogP contribution in [0, 0.1) is 6.92 Å². The Labute approximate surface area is 133 Å². The van der Waals surface area contributed by atoms with Crippen molar-refractivity contribution < 1.29 is 9.59 Å². The van der Waals surface area contributed by atoms with Gasteiger partial charge in [-0.05, 0) is 36.8 Å². The molecular weight excluding hydrogens is 300 g/mol. The lowest BCUT2D eigenvalue weighted by Crippen LogP contribution is -2.40. The zero-order valence-electron chi connectivity index (χ0n) is 12.0. The van der Waals surface area contributed by atoms with E-state index in [1.54, 1.807) is 24.3 Å². The summed E-state index contributed by atoms with van der Waals surface area (Å²) in [5, 5.41) is 0.457. The van der Waals surface area contributed by atoms with Crippen molar-refractivity contribution in [2.45, 2.75) is 6.92 Å². The lowest BCUT2D eigenvalue weighted by atomic mass is 10.1. The van der Waals surface area contributed by atoms with Crippen LogP contribution >= 0.6 is 11.6 Å². The van der Waals surface area contributed by atoms with Crippen LogP contribution in [0.3, 0.4) is 0 Å². The first-order valence-corrected chi connectivity index (χ1v) is 7.03. The number of benzene rings is 2. The van der Waals surface area contributed by atoms with Crippen LogP contribution in [0.4, 0.5) is 0 Å². The van der Waals surface area contributed by atoms with Crippen LogP contribution in [-0.2, 0) is 4.79 Å². The van der Waals surface area contributed by atoms with Crippen LogP contribution in [0.5, 0.6) is 0 Å². The number of carbonyl (C=O) groups excluding carboxylic acids is 2. The minimum Gasteiger partial charge on any atom is -0.268 e. The Morgan fingerprint density at radius 3 is 2.55 bits per heavy atom. The van der Waals surface area contributed by atoms with Gasteiger partial charge in [0.25, 0.3) is 11.8 Å². The van der Waals surface area contributed by atoms with Crippen LogP contribution in [-0.4, -0.2) is 11.8 Å². The summed E-state index contributed by atoms with van der Waals surface area (Å²) < 4.78 is 0. The average molecular weight is 315 g/mol. The molecule has 0 fully saturated rings. The highest BCUT2D eigenvalue weighted by molar-refractivity contribution is 6.30. The van der Waals surface area contributed by atoms with Gasteiger partial charge in [-0.2, -0.15) is 0 Å². The van der Waals surface area contributed by atoms with Crippen LogP contribution in [0.2, 0.25) is 5.02 Å². The summed E-state index contributed by atoms with van der Waals surface area (Å²) in [6.07, 6.45) is 3.03. The molecule has 2 aromatic carbocycles. The maximum absolute atomic E-state index is 11.8. The Bertz CT molecular complexity index is 726. The normalized spacial score (nSPS) is 10.5. The molecule has 2 N–H and O–H groups in total. The molecule has 0 aromatic heterocycles. The third kappa shape index (κ3) is 4.75. The Morgan fingerprint density at radius 1 is 1.05 bits per heavy atom. The molecule has 0 saturated carbocycles. The van der Waals surface area contributed by atoms with Crippen LogP contribution in [0.15, 0.2) is 54.6 Å². The largest absolute Gasteiger partial charge is 0.269 e. The fraction of sp³-hybridized carbons (Fsp3) is 0.0588. The lowest BCUT2D eigenvalue weighted by Gasteiger charge is -2.05. The van der Waals surface area contributed by atoms with Crippen LogP contribution < -0.4 is 10.9 Å². The van der Waals surface area contributed by atoms with Crippen molar-refractivity contribution in [3.8, 4) is 0 Å².